The number of aliphatic imine (C=N–C) groups is 1. The second-order valence-electron chi connectivity index (χ2n) is 5.98. The van der Waals surface area contributed by atoms with Gasteiger partial charge in [-0.15, -0.1) is 0 Å². The van der Waals surface area contributed by atoms with Crippen LogP contribution in [0.2, 0.25) is 0 Å². The number of carbonyl (C=O) groups excluding carboxylic acids is 1. The number of hydrogen-bond donors (Lipinski definition) is 2. The van der Waals surface area contributed by atoms with Crippen molar-refractivity contribution < 1.29 is 18.3 Å². The van der Waals surface area contributed by atoms with E-state index in [4.69, 9.17) is 16.2 Å². The molecule has 0 radical (unpaired) electrons. The minimum absolute atomic E-state index is 0.120. The SMILES string of the molecule is C/C(=C\c1cc(F)c(Oc2cccc(N(C)C)c2)c(F)c1)C(=O)N=C(N)N. The van der Waals surface area contributed by atoms with Crippen molar-refractivity contribution in [1.29, 1.82) is 0 Å². The van der Waals surface area contributed by atoms with Gasteiger partial charge in [-0.3, -0.25) is 4.79 Å². The van der Waals surface area contributed by atoms with E-state index in [1.807, 2.05) is 25.1 Å². The normalized spacial score (nSPS) is 11.1. The van der Waals surface area contributed by atoms with Crippen molar-refractivity contribution in [3.63, 3.8) is 0 Å². The predicted octanol–water partition coefficient (Wildman–Crippen LogP) is 3.03. The lowest BCUT2D eigenvalue weighted by Crippen LogP contribution is -2.24. The number of ether oxygens (including phenoxy) is 1. The van der Waals surface area contributed by atoms with Gasteiger partial charge in [-0.05, 0) is 42.8 Å². The fourth-order valence-electron chi connectivity index (χ4n) is 2.22. The second-order valence-corrected chi connectivity index (χ2v) is 5.98. The summed E-state index contributed by atoms with van der Waals surface area (Å²) in [7, 11) is 3.68. The molecule has 8 heteroatoms. The molecule has 0 bridgehead atoms. The Hall–Kier alpha value is -3.42. The molecule has 0 aromatic heterocycles. The monoisotopic (exact) mass is 374 g/mol. The van der Waals surface area contributed by atoms with Crippen molar-refractivity contribution >= 4 is 23.6 Å². The summed E-state index contributed by atoms with van der Waals surface area (Å²) < 4.78 is 34.1. The van der Waals surface area contributed by atoms with Crippen LogP contribution in [0.25, 0.3) is 6.08 Å². The molecule has 0 saturated heterocycles. The molecule has 0 aliphatic carbocycles. The van der Waals surface area contributed by atoms with Gasteiger partial charge in [0.2, 0.25) is 0 Å². The number of hydrogen-bond acceptors (Lipinski definition) is 3. The van der Waals surface area contributed by atoms with E-state index < -0.39 is 29.3 Å². The molecule has 0 aliphatic rings. The van der Waals surface area contributed by atoms with Crippen molar-refractivity contribution in [1.82, 2.24) is 0 Å². The minimum Gasteiger partial charge on any atom is -0.451 e. The number of halogens is 2. The van der Waals surface area contributed by atoms with Gasteiger partial charge < -0.3 is 21.1 Å². The standard InChI is InChI=1S/C19H20F2N4O2/c1-11(18(26)24-19(22)23)7-12-8-15(20)17(16(21)9-12)27-14-6-4-5-13(10-14)25(2)3/h4-10H,1-3H3,(H4,22,23,24,26)/b11-7+. The van der Waals surface area contributed by atoms with Gasteiger partial charge in [-0.25, -0.2) is 8.78 Å². The largest absolute Gasteiger partial charge is 0.451 e. The van der Waals surface area contributed by atoms with Crippen LogP contribution in [-0.4, -0.2) is 26.0 Å². The number of amides is 1. The van der Waals surface area contributed by atoms with Crippen molar-refractivity contribution in [3.05, 3.63) is 59.2 Å². The zero-order chi connectivity index (χ0) is 20.1. The number of anilines is 1. The highest BCUT2D eigenvalue weighted by Crippen LogP contribution is 2.31. The minimum atomic E-state index is -0.904. The third kappa shape index (κ3) is 5.27. The van der Waals surface area contributed by atoms with Gasteiger partial charge >= 0.3 is 0 Å². The fraction of sp³-hybridized carbons (Fsp3) is 0.158. The van der Waals surface area contributed by atoms with Crippen LogP contribution >= 0.6 is 0 Å². The second kappa shape index (κ2) is 8.31. The van der Waals surface area contributed by atoms with Gasteiger partial charge in [-0.2, -0.15) is 4.99 Å². The van der Waals surface area contributed by atoms with Crippen LogP contribution in [0, 0.1) is 11.6 Å². The van der Waals surface area contributed by atoms with E-state index in [-0.39, 0.29) is 11.1 Å². The molecule has 6 nitrogen and oxygen atoms in total. The van der Waals surface area contributed by atoms with E-state index in [0.717, 1.165) is 17.8 Å². The van der Waals surface area contributed by atoms with E-state index in [2.05, 4.69) is 4.99 Å². The van der Waals surface area contributed by atoms with Gasteiger partial charge in [-0.1, -0.05) is 6.07 Å². The lowest BCUT2D eigenvalue weighted by molar-refractivity contribution is -0.114. The van der Waals surface area contributed by atoms with Gasteiger partial charge in [0.1, 0.15) is 5.75 Å². The van der Waals surface area contributed by atoms with Gasteiger partial charge in [0, 0.05) is 31.4 Å². The average molecular weight is 374 g/mol. The number of nitrogens with zero attached hydrogens (tertiary/aromatic N) is 2. The smallest absolute Gasteiger partial charge is 0.275 e. The molecule has 27 heavy (non-hydrogen) atoms. The molecule has 0 aliphatic heterocycles. The van der Waals surface area contributed by atoms with Crippen LogP contribution in [-0.2, 0) is 4.79 Å². The summed E-state index contributed by atoms with van der Waals surface area (Å²) in [4.78, 5) is 16.9. The highest BCUT2D eigenvalue weighted by molar-refractivity contribution is 6.03. The first-order chi connectivity index (χ1) is 12.7. The molecule has 142 valence electrons. The lowest BCUT2D eigenvalue weighted by Gasteiger charge is -2.14. The molecule has 0 spiro atoms. The summed E-state index contributed by atoms with van der Waals surface area (Å²) in [6.45, 7) is 1.43. The molecule has 0 fully saturated rings. The first-order valence-electron chi connectivity index (χ1n) is 7.94. The zero-order valence-electron chi connectivity index (χ0n) is 15.2. The van der Waals surface area contributed by atoms with Crippen LogP contribution in [0.15, 0.2) is 47.0 Å². The molecular formula is C19H20F2N4O2. The molecule has 2 aromatic carbocycles. The molecule has 1 amide bonds. The zero-order valence-corrected chi connectivity index (χ0v) is 15.2. The molecule has 0 unspecified atom stereocenters. The van der Waals surface area contributed by atoms with Crippen LogP contribution in [0.3, 0.4) is 0 Å². The van der Waals surface area contributed by atoms with Crippen molar-refractivity contribution in [2.45, 2.75) is 6.92 Å². The summed E-state index contributed by atoms with van der Waals surface area (Å²) in [6, 6.07) is 8.92. The Labute approximate surface area is 155 Å². The topological polar surface area (TPSA) is 93.9 Å². The molecule has 4 N–H and O–H groups in total. The molecule has 2 rings (SSSR count). The van der Waals surface area contributed by atoms with E-state index in [1.165, 1.54) is 13.0 Å². The lowest BCUT2D eigenvalue weighted by atomic mass is 10.1. The Bertz CT molecular complexity index is 897. The molecule has 0 heterocycles. The van der Waals surface area contributed by atoms with E-state index >= 15 is 0 Å². The quantitative estimate of drug-likeness (QED) is 0.477. The molecular weight excluding hydrogens is 354 g/mol. The Morgan fingerprint density at radius 1 is 1.15 bits per heavy atom. The number of nitrogens with two attached hydrogens (primary N) is 2. The Kier molecular flexibility index (Phi) is 6.12. The number of carbonyl (C=O) groups is 1. The predicted molar refractivity (Wildman–Crippen MR) is 102 cm³/mol. The summed E-state index contributed by atoms with van der Waals surface area (Å²) in [6.07, 6.45) is 1.28. The average Bonchev–Trinajstić information content (AvgIpc) is 2.57. The Morgan fingerprint density at radius 2 is 1.78 bits per heavy atom. The van der Waals surface area contributed by atoms with Crippen LogP contribution in [0.4, 0.5) is 14.5 Å². The number of guanidine groups is 1. The van der Waals surface area contributed by atoms with Crippen LogP contribution in [0.5, 0.6) is 11.5 Å². The molecule has 2 aromatic rings. The summed E-state index contributed by atoms with van der Waals surface area (Å²) in [5.41, 5.74) is 11.3. The first kappa shape index (κ1) is 19.9. The first-order valence-corrected chi connectivity index (χ1v) is 7.94. The van der Waals surface area contributed by atoms with Crippen molar-refractivity contribution in [3.8, 4) is 11.5 Å². The van der Waals surface area contributed by atoms with E-state index in [0.29, 0.717) is 5.75 Å². The maximum atomic E-state index is 14.4. The van der Waals surface area contributed by atoms with E-state index in [9.17, 15) is 13.6 Å². The number of benzene rings is 2. The van der Waals surface area contributed by atoms with E-state index in [1.54, 1.807) is 18.2 Å². The summed E-state index contributed by atoms with van der Waals surface area (Å²) >= 11 is 0. The summed E-state index contributed by atoms with van der Waals surface area (Å²) in [5, 5.41) is 0. The van der Waals surface area contributed by atoms with Crippen molar-refractivity contribution in [2.24, 2.45) is 16.5 Å². The Morgan fingerprint density at radius 3 is 2.33 bits per heavy atom. The van der Waals surface area contributed by atoms with Gasteiger partial charge in [0.15, 0.2) is 23.3 Å². The van der Waals surface area contributed by atoms with Crippen molar-refractivity contribution in [2.75, 3.05) is 19.0 Å². The fourth-order valence-corrected chi connectivity index (χ4v) is 2.22. The third-order valence-electron chi connectivity index (χ3n) is 3.53. The van der Waals surface area contributed by atoms with Crippen LogP contribution in [0.1, 0.15) is 12.5 Å². The highest BCUT2D eigenvalue weighted by Gasteiger charge is 2.14. The highest BCUT2D eigenvalue weighted by atomic mass is 19.1. The summed E-state index contributed by atoms with van der Waals surface area (Å²) in [5.74, 6) is -3.14. The third-order valence-corrected chi connectivity index (χ3v) is 3.53. The molecule has 0 saturated carbocycles. The van der Waals surface area contributed by atoms with Gasteiger partial charge in [0.25, 0.3) is 5.91 Å². The Balaban J connectivity index is 2.31. The van der Waals surface area contributed by atoms with Gasteiger partial charge in [0.05, 0.1) is 0 Å². The maximum Gasteiger partial charge on any atom is 0.275 e. The maximum absolute atomic E-state index is 14.4. The number of rotatable bonds is 5. The molecule has 0 atom stereocenters. The van der Waals surface area contributed by atoms with Crippen LogP contribution < -0.4 is 21.1 Å².